The Labute approximate surface area is 179 Å². The van der Waals surface area contributed by atoms with E-state index in [1.54, 1.807) is 4.90 Å². The third-order valence-corrected chi connectivity index (χ3v) is 6.86. The molecule has 11 heteroatoms. The highest BCUT2D eigenvalue weighted by Gasteiger charge is 2.41. The summed E-state index contributed by atoms with van der Waals surface area (Å²) in [6, 6.07) is 2.04. The van der Waals surface area contributed by atoms with E-state index in [1.165, 1.54) is 13.1 Å². The van der Waals surface area contributed by atoms with Gasteiger partial charge < -0.3 is 5.73 Å². The quantitative estimate of drug-likeness (QED) is 0.737. The van der Waals surface area contributed by atoms with Crippen LogP contribution in [-0.2, 0) is 23.1 Å². The number of rotatable bonds is 5. The Morgan fingerprint density at radius 2 is 2.03 bits per heavy atom. The number of nitrogens with zero attached hydrogens (tertiary/aromatic N) is 4. The van der Waals surface area contributed by atoms with Gasteiger partial charge in [0.1, 0.15) is 17.8 Å². The standard InChI is InChI=1S/C20H26F3N5O2S/c1-12(21)7-27-10-15(6-18(24)20(27)16-5-14(22)3-4-17(16)23)26-8-13-9-28(31(2,29)30)25-19(13)11-26/h3-5,9,12,15,18,20H,6-8,10-11,24H2,1-2H3/t12-,15-,18?,20-/m1/s1. The van der Waals surface area contributed by atoms with Crippen LogP contribution in [0.2, 0.25) is 0 Å². The van der Waals surface area contributed by atoms with E-state index in [0.29, 0.717) is 31.7 Å². The van der Waals surface area contributed by atoms with Crippen LogP contribution in [0.15, 0.2) is 24.4 Å². The van der Waals surface area contributed by atoms with E-state index in [2.05, 4.69) is 10.00 Å². The van der Waals surface area contributed by atoms with Crippen molar-refractivity contribution in [1.29, 1.82) is 0 Å². The van der Waals surface area contributed by atoms with E-state index >= 15 is 0 Å². The van der Waals surface area contributed by atoms with Gasteiger partial charge in [0.05, 0.1) is 18.0 Å². The number of piperidine rings is 1. The Bertz CT molecular complexity index is 1050. The van der Waals surface area contributed by atoms with Crippen molar-refractivity contribution < 1.29 is 21.6 Å². The van der Waals surface area contributed by atoms with E-state index in [1.807, 2.05) is 0 Å². The number of fused-ring (bicyclic) bond motifs is 1. The molecule has 1 aromatic carbocycles. The average Bonchev–Trinajstić information content (AvgIpc) is 3.22. The Hall–Kier alpha value is -1.95. The highest BCUT2D eigenvalue weighted by molar-refractivity contribution is 7.89. The molecule has 1 saturated heterocycles. The molecule has 0 bridgehead atoms. The van der Waals surface area contributed by atoms with E-state index in [9.17, 15) is 21.6 Å². The Morgan fingerprint density at radius 3 is 2.68 bits per heavy atom. The van der Waals surface area contributed by atoms with Crippen LogP contribution >= 0.6 is 0 Å². The topological polar surface area (TPSA) is 84.5 Å². The van der Waals surface area contributed by atoms with Gasteiger partial charge in [-0.05, 0) is 31.5 Å². The summed E-state index contributed by atoms with van der Waals surface area (Å²) in [7, 11) is -3.45. The van der Waals surface area contributed by atoms with Crippen molar-refractivity contribution in [3.63, 3.8) is 0 Å². The Balaban J connectivity index is 1.56. The largest absolute Gasteiger partial charge is 0.326 e. The van der Waals surface area contributed by atoms with Gasteiger partial charge in [0, 0.05) is 55.6 Å². The molecule has 7 nitrogen and oxygen atoms in total. The van der Waals surface area contributed by atoms with Crippen molar-refractivity contribution in [2.75, 3.05) is 19.3 Å². The number of likely N-dealkylation sites (tertiary alicyclic amines) is 1. The molecule has 31 heavy (non-hydrogen) atoms. The smallest absolute Gasteiger partial charge is 0.250 e. The first-order valence-corrected chi connectivity index (χ1v) is 12.0. The zero-order chi connectivity index (χ0) is 22.5. The zero-order valence-electron chi connectivity index (χ0n) is 17.4. The molecule has 1 unspecified atom stereocenters. The van der Waals surface area contributed by atoms with Gasteiger partial charge in [-0.1, -0.05) is 0 Å². The van der Waals surface area contributed by atoms with Gasteiger partial charge >= 0.3 is 0 Å². The van der Waals surface area contributed by atoms with Gasteiger partial charge in [0.2, 0.25) is 0 Å². The minimum atomic E-state index is -3.45. The van der Waals surface area contributed by atoms with Gasteiger partial charge in [0.15, 0.2) is 0 Å². The normalized spacial score (nSPS) is 26.2. The highest BCUT2D eigenvalue weighted by Crippen LogP contribution is 2.36. The monoisotopic (exact) mass is 457 g/mol. The van der Waals surface area contributed by atoms with Crippen molar-refractivity contribution in [2.45, 2.75) is 50.7 Å². The first kappa shape index (κ1) is 22.3. The molecule has 2 aliphatic heterocycles. The minimum absolute atomic E-state index is 0.0458. The summed E-state index contributed by atoms with van der Waals surface area (Å²) in [6.07, 6.45) is 1.95. The second kappa shape index (κ2) is 8.19. The molecule has 170 valence electrons. The van der Waals surface area contributed by atoms with Crippen molar-refractivity contribution in [3.05, 3.63) is 52.9 Å². The van der Waals surface area contributed by atoms with Gasteiger partial charge in [-0.2, -0.15) is 9.19 Å². The first-order valence-electron chi connectivity index (χ1n) is 10.1. The molecular formula is C20H26F3N5O2S. The second-order valence-corrected chi connectivity index (χ2v) is 10.4. The van der Waals surface area contributed by atoms with Crippen LogP contribution in [0.5, 0.6) is 0 Å². The summed E-state index contributed by atoms with van der Waals surface area (Å²) in [5, 5.41) is 4.17. The molecule has 2 N–H and O–H groups in total. The van der Waals surface area contributed by atoms with Gasteiger partial charge in [-0.15, -0.1) is 0 Å². The molecule has 2 aliphatic rings. The molecule has 0 saturated carbocycles. The maximum atomic E-state index is 14.5. The fraction of sp³-hybridized carbons (Fsp3) is 0.550. The van der Waals surface area contributed by atoms with Crippen LogP contribution in [0.25, 0.3) is 0 Å². The molecule has 0 spiro atoms. The third-order valence-electron chi connectivity index (χ3n) is 5.99. The van der Waals surface area contributed by atoms with Gasteiger partial charge in [-0.25, -0.2) is 21.6 Å². The first-order chi connectivity index (χ1) is 14.5. The second-order valence-electron chi connectivity index (χ2n) is 8.54. The number of hydrogen-bond acceptors (Lipinski definition) is 6. The molecule has 2 aromatic rings. The lowest BCUT2D eigenvalue weighted by Crippen LogP contribution is -2.56. The Morgan fingerprint density at radius 1 is 1.29 bits per heavy atom. The summed E-state index contributed by atoms with van der Waals surface area (Å²) < 4.78 is 66.7. The Kier molecular flexibility index (Phi) is 5.88. The number of aromatic nitrogens is 2. The van der Waals surface area contributed by atoms with Gasteiger partial charge in [0.25, 0.3) is 10.0 Å². The lowest BCUT2D eigenvalue weighted by molar-refractivity contribution is 0.0287. The molecule has 0 radical (unpaired) electrons. The lowest BCUT2D eigenvalue weighted by atomic mass is 9.87. The van der Waals surface area contributed by atoms with Crippen LogP contribution in [0.4, 0.5) is 13.2 Å². The van der Waals surface area contributed by atoms with Crippen molar-refractivity contribution in [1.82, 2.24) is 19.0 Å². The maximum absolute atomic E-state index is 14.5. The lowest BCUT2D eigenvalue weighted by Gasteiger charge is -2.46. The predicted octanol–water partition coefficient (Wildman–Crippen LogP) is 1.79. The predicted molar refractivity (Wildman–Crippen MR) is 109 cm³/mol. The van der Waals surface area contributed by atoms with Crippen LogP contribution in [0.3, 0.4) is 0 Å². The average molecular weight is 458 g/mol. The minimum Gasteiger partial charge on any atom is -0.326 e. The SMILES string of the molecule is C[C@@H](F)CN1C[C@H](N2Cc3cn(S(C)(=O)=O)nc3C2)CC(N)[C@H]1c1cc(F)ccc1F. The van der Waals surface area contributed by atoms with E-state index in [-0.39, 0.29) is 18.2 Å². The fourth-order valence-corrected chi connectivity index (χ4v) is 5.26. The van der Waals surface area contributed by atoms with Crippen LogP contribution in [-0.4, -0.2) is 65.0 Å². The van der Waals surface area contributed by atoms with Crippen molar-refractivity contribution in [2.24, 2.45) is 5.73 Å². The molecule has 1 fully saturated rings. The van der Waals surface area contributed by atoms with E-state index < -0.39 is 39.9 Å². The summed E-state index contributed by atoms with van der Waals surface area (Å²) in [5.41, 5.74) is 8.08. The summed E-state index contributed by atoms with van der Waals surface area (Å²) in [5.74, 6) is -1.13. The number of halogens is 3. The highest BCUT2D eigenvalue weighted by atomic mass is 32.2. The number of hydrogen-bond donors (Lipinski definition) is 1. The number of benzene rings is 1. The zero-order valence-corrected chi connectivity index (χ0v) is 18.2. The molecule has 4 rings (SSSR count). The molecule has 3 heterocycles. The van der Waals surface area contributed by atoms with E-state index in [4.69, 9.17) is 5.73 Å². The fourth-order valence-electron chi connectivity index (χ4n) is 4.70. The van der Waals surface area contributed by atoms with E-state index in [0.717, 1.165) is 34.1 Å². The van der Waals surface area contributed by atoms with Crippen molar-refractivity contribution in [3.8, 4) is 0 Å². The summed E-state index contributed by atoms with van der Waals surface area (Å²) in [4.78, 5) is 3.91. The molecule has 0 amide bonds. The van der Waals surface area contributed by atoms with Crippen LogP contribution in [0.1, 0.15) is 36.2 Å². The molecular weight excluding hydrogens is 431 g/mol. The van der Waals surface area contributed by atoms with Crippen LogP contribution < -0.4 is 5.73 Å². The van der Waals surface area contributed by atoms with Gasteiger partial charge in [-0.3, -0.25) is 9.80 Å². The third kappa shape index (κ3) is 4.50. The number of nitrogens with two attached hydrogens (primary N) is 1. The van der Waals surface area contributed by atoms with Crippen molar-refractivity contribution >= 4 is 10.0 Å². The molecule has 0 aliphatic carbocycles. The van der Waals surface area contributed by atoms with Crippen LogP contribution in [0, 0.1) is 11.6 Å². The molecule has 4 atom stereocenters. The summed E-state index contributed by atoms with van der Waals surface area (Å²) >= 11 is 0. The maximum Gasteiger partial charge on any atom is 0.250 e. The number of alkyl halides is 1. The summed E-state index contributed by atoms with van der Waals surface area (Å²) in [6.45, 7) is 2.85. The molecule has 1 aromatic heterocycles.